The molecule has 3 aromatic heterocycles. The molecule has 0 fully saturated rings. The fraction of sp³-hybridized carbons (Fsp3) is 0. The van der Waals surface area contributed by atoms with Crippen LogP contribution in [-0.2, 0) is 0 Å². The molecule has 0 aliphatic rings. The van der Waals surface area contributed by atoms with Gasteiger partial charge in [-0.3, -0.25) is 0 Å². The van der Waals surface area contributed by atoms with Crippen molar-refractivity contribution >= 4 is 53.3 Å². The molecule has 0 aliphatic carbocycles. The molecule has 56 heavy (non-hydrogen) atoms. The first kappa shape index (κ1) is 32.2. The van der Waals surface area contributed by atoms with Gasteiger partial charge in [0, 0.05) is 47.6 Å². The van der Waals surface area contributed by atoms with Gasteiger partial charge in [0.25, 0.3) is 0 Å². The monoisotopic (exact) mass is 732 g/mol. The first-order valence-electron chi connectivity index (χ1n) is 18.8. The summed E-state index contributed by atoms with van der Waals surface area (Å²) in [5.74, 6) is 1.89. The summed E-state index contributed by atoms with van der Waals surface area (Å²) in [5.41, 5.74) is 10.8. The highest BCUT2D eigenvalue weighted by Gasteiger charge is 2.20. The lowest BCUT2D eigenvalue weighted by molar-refractivity contribution is 1.06. The molecule has 0 amide bonds. The van der Waals surface area contributed by atoms with Gasteiger partial charge >= 0.3 is 0 Å². The first-order chi connectivity index (χ1) is 27.8. The fourth-order valence-corrected chi connectivity index (χ4v) is 9.25. The number of aromatic nitrogens is 4. The third-order valence-corrected chi connectivity index (χ3v) is 11.9. The quantitative estimate of drug-likeness (QED) is 0.171. The van der Waals surface area contributed by atoms with E-state index in [4.69, 9.17) is 15.0 Å². The van der Waals surface area contributed by atoms with E-state index in [0.717, 1.165) is 39.0 Å². The van der Waals surface area contributed by atoms with Crippen molar-refractivity contribution in [3.05, 3.63) is 194 Å². The fourth-order valence-electron chi connectivity index (χ4n) is 8.02. The molecule has 5 heteroatoms. The van der Waals surface area contributed by atoms with Crippen molar-refractivity contribution in [1.29, 1.82) is 0 Å². The summed E-state index contributed by atoms with van der Waals surface area (Å²) in [6.45, 7) is 0. The summed E-state index contributed by atoms with van der Waals surface area (Å²) in [6, 6.07) is 68.5. The Labute approximate surface area is 327 Å². The summed E-state index contributed by atoms with van der Waals surface area (Å²) < 4.78 is 4.99. The van der Waals surface area contributed by atoms with Crippen molar-refractivity contribution in [1.82, 2.24) is 19.5 Å². The predicted octanol–water partition coefficient (Wildman–Crippen LogP) is 13.7. The molecule has 0 atom stereocenters. The first-order valence-corrected chi connectivity index (χ1v) is 19.6. The number of rotatable bonds is 6. The maximum atomic E-state index is 5.20. The molecule has 11 rings (SSSR count). The molecule has 11 aromatic rings. The molecule has 3 heterocycles. The van der Waals surface area contributed by atoms with Crippen molar-refractivity contribution in [2.24, 2.45) is 0 Å². The third-order valence-electron chi connectivity index (χ3n) is 10.7. The summed E-state index contributed by atoms with van der Waals surface area (Å²) >= 11 is 1.87. The Bertz CT molecular complexity index is 3240. The van der Waals surface area contributed by atoms with Gasteiger partial charge < -0.3 is 4.57 Å². The molecule has 0 aliphatic heterocycles. The van der Waals surface area contributed by atoms with Crippen LogP contribution in [-0.4, -0.2) is 19.5 Å². The summed E-state index contributed by atoms with van der Waals surface area (Å²) in [6.07, 6.45) is 0. The average molecular weight is 733 g/mol. The van der Waals surface area contributed by atoms with Gasteiger partial charge in [0.1, 0.15) is 0 Å². The van der Waals surface area contributed by atoms with Gasteiger partial charge in [0.05, 0.1) is 16.7 Å². The topological polar surface area (TPSA) is 43.6 Å². The van der Waals surface area contributed by atoms with Crippen molar-refractivity contribution in [3.63, 3.8) is 0 Å². The molecule has 0 radical (unpaired) electrons. The smallest absolute Gasteiger partial charge is 0.166 e. The van der Waals surface area contributed by atoms with E-state index >= 15 is 0 Å². The Morgan fingerprint density at radius 1 is 0.339 bits per heavy atom. The minimum atomic E-state index is 0.621. The van der Waals surface area contributed by atoms with Crippen LogP contribution in [0.3, 0.4) is 0 Å². The minimum absolute atomic E-state index is 0.621. The zero-order chi connectivity index (χ0) is 37.0. The van der Waals surface area contributed by atoms with Crippen LogP contribution >= 0.6 is 11.3 Å². The Hall–Kier alpha value is -7.21. The zero-order valence-corrected chi connectivity index (χ0v) is 31.0. The number of thiophene rings is 1. The number of benzene rings is 8. The molecule has 8 aromatic carbocycles. The van der Waals surface area contributed by atoms with Crippen LogP contribution in [0.15, 0.2) is 194 Å². The van der Waals surface area contributed by atoms with Crippen molar-refractivity contribution in [2.75, 3.05) is 0 Å². The highest BCUT2D eigenvalue weighted by Crippen LogP contribution is 2.42. The largest absolute Gasteiger partial charge is 0.309 e. The molecule has 4 nitrogen and oxygen atoms in total. The molecule has 0 saturated heterocycles. The molecule has 0 N–H and O–H groups in total. The van der Waals surface area contributed by atoms with Gasteiger partial charge in [-0.15, -0.1) is 11.3 Å². The lowest BCUT2D eigenvalue weighted by atomic mass is 10.0. The Morgan fingerprint density at radius 3 is 1.68 bits per heavy atom. The Morgan fingerprint density at radius 2 is 0.875 bits per heavy atom. The molecule has 0 saturated carbocycles. The van der Waals surface area contributed by atoms with Crippen LogP contribution in [0.5, 0.6) is 0 Å². The van der Waals surface area contributed by atoms with Gasteiger partial charge in [-0.1, -0.05) is 158 Å². The second kappa shape index (κ2) is 13.3. The normalized spacial score (nSPS) is 11.6. The standard InChI is InChI=1S/C51H32N4S/c1-3-14-33(15-4-1)34-26-28-36(29-27-34)50-52-49(35-16-5-2-6-17-35)53-51(54-50)42-20-8-11-24-45(42)55-44-23-10-7-18-39(44)43-32-37(30-31-46(43)55)38-21-13-22-41-40-19-9-12-25-47(40)56-48(38)41/h1-32H. The van der Waals surface area contributed by atoms with Crippen LogP contribution in [0.25, 0.3) is 104 Å². The second-order valence-electron chi connectivity index (χ2n) is 14.0. The Balaban J connectivity index is 1.09. The van der Waals surface area contributed by atoms with Crippen molar-refractivity contribution in [3.8, 4) is 62.1 Å². The minimum Gasteiger partial charge on any atom is -0.309 e. The van der Waals surface area contributed by atoms with Crippen molar-refractivity contribution in [2.45, 2.75) is 0 Å². The number of hydrogen-bond acceptors (Lipinski definition) is 4. The third kappa shape index (κ3) is 5.40. The van der Waals surface area contributed by atoms with Crippen LogP contribution < -0.4 is 0 Å². The lowest BCUT2D eigenvalue weighted by Gasteiger charge is -2.15. The van der Waals surface area contributed by atoms with Gasteiger partial charge in [-0.25, -0.2) is 15.0 Å². The van der Waals surface area contributed by atoms with E-state index in [9.17, 15) is 0 Å². The summed E-state index contributed by atoms with van der Waals surface area (Å²) in [4.78, 5) is 15.4. The van der Waals surface area contributed by atoms with Gasteiger partial charge in [-0.05, 0) is 58.7 Å². The van der Waals surface area contributed by atoms with Gasteiger partial charge in [-0.2, -0.15) is 0 Å². The molecular formula is C51H32N4S. The summed E-state index contributed by atoms with van der Waals surface area (Å²) in [5, 5.41) is 5.01. The van der Waals surface area contributed by atoms with E-state index in [1.54, 1.807) is 0 Å². The van der Waals surface area contributed by atoms with E-state index in [-0.39, 0.29) is 0 Å². The maximum Gasteiger partial charge on any atom is 0.166 e. The van der Waals surface area contributed by atoms with E-state index in [0.29, 0.717) is 17.5 Å². The van der Waals surface area contributed by atoms with Crippen LogP contribution in [0.4, 0.5) is 0 Å². The zero-order valence-electron chi connectivity index (χ0n) is 30.2. The maximum absolute atomic E-state index is 5.20. The molecule has 0 unspecified atom stereocenters. The summed E-state index contributed by atoms with van der Waals surface area (Å²) in [7, 11) is 0. The molecular weight excluding hydrogens is 701 g/mol. The van der Waals surface area contributed by atoms with Gasteiger partial charge in [0.2, 0.25) is 0 Å². The predicted molar refractivity (Wildman–Crippen MR) is 234 cm³/mol. The Kier molecular flexibility index (Phi) is 7.64. The number of nitrogens with zero attached hydrogens (tertiary/aromatic N) is 4. The lowest BCUT2D eigenvalue weighted by Crippen LogP contribution is -2.03. The van der Waals surface area contributed by atoms with E-state index in [1.807, 2.05) is 35.6 Å². The van der Waals surface area contributed by atoms with Crippen LogP contribution in [0.1, 0.15) is 0 Å². The number of fused-ring (bicyclic) bond motifs is 6. The van der Waals surface area contributed by atoms with Crippen LogP contribution in [0, 0.1) is 0 Å². The SMILES string of the molecule is c1ccc(-c2ccc(-c3nc(-c4ccccc4)nc(-c4ccccc4-n4c5ccccc5c5cc(-c6cccc7c6sc6ccccc67)ccc54)n3)cc2)cc1. The van der Waals surface area contributed by atoms with Gasteiger partial charge in [0.15, 0.2) is 17.5 Å². The van der Waals surface area contributed by atoms with E-state index < -0.39 is 0 Å². The van der Waals surface area contributed by atoms with Crippen molar-refractivity contribution < 1.29 is 0 Å². The number of para-hydroxylation sites is 2. The highest BCUT2D eigenvalue weighted by molar-refractivity contribution is 7.26. The second-order valence-corrected chi connectivity index (χ2v) is 15.0. The molecule has 262 valence electrons. The van der Waals surface area contributed by atoms with Crippen LogP contribution in [0.2, 0.25) is 0 Å². The highest BCUT2D eigenvalue weighted by atomic mass is 32.1. The average Bonchev–Trinajstić information content (AvgIpc) is 3.82. The number of hydrogen-bond donors (Lipinski definition) is 0. The molecule has 0 bridgehead atoms. The molecule has 0 spiro atoms. The van der Waals surface area contributed by atoms with E-state index in [1.165, 1.54) is 47.6 Å². The van der Waals surface area contributed by atoms with E-state index in [2.05, 4.69) is 174 Å².